The van der Waals surface area contributed by atoms with Gasteiger partial charge in [-0.15, -0.1) is 0 Å². The maximum atomic E-state index is 12.6. The summed E-state index contributed by atoms with van der Waals surface area (Å²) in [6.45, 7) is 25.2. The number of carbonyl (C=O) groups is 1. The molecule has 43 heavy (non-hydrogen) atoms. The summed E-state index contributed by atoms with van der Waals surface area (Å²) in [7, 11) is -5.22. The van der Waals surface area contributed by atoms with Gasteiger partial charge in [-0.25, -0.2) is 4.31 Å². The van der Waals surface area contributed by atoms with Crippen LogP contribution in [-0.2, 0) is 36.4 Å². The van der Waals surface area contributed by atoms with Crippen molar-refractivity contribution >= 4 is 23.5 Å². The molecule has 9 nitrogen and oxygen atoms in total. The summed E-state index contributed by atoms with van der Waals surface area (Å²) in [5.74, 6) is 0. The topological polar surface area (TPSA) is 168 Å². The summed E-state index contributed by atoms with van der Waals surface area (Å²) >= 11 is 0. The Balaban J connectivity index is 0.00000117. The number of aliphatic hydroxyl groups is 3. The quantitative estimate of drug-likeness (QED) is 0.153. The van der Waals surface area contributed by atoms with Crippen LogP contribution in [0, 0.1) is 0 Å². The van der Waals surface area contributed by atoms with Crippen LogP contribution in [-0.4, -0.2) is 53.4 Å². The largest absolute Gasteiger partial charge is 0.386 e. The summed E-state index contributed by atoms with van der Waals surface area (Å²) in [5.41, 5.74) is 1.85. The normalized spacial score (nSPS) is 14.8. The first-order valence-corrected chi connectivity index (χ1v) is 16.4. The van der Waals surface area contributed by atoms with E-state index in [1.54, 1.807) is 0 Å². The van der Waals surface area contributed by atoms with E-state index in [2.05, 4.69) is 99.5 Å². The molecule has 0 aliphatic heterocycles. The van der Waals surface area contributed by atoms with Crippen molar-refractivity contribution in [3.05, 3.63) is 69.8 Å². The molecule has 0 bridgehead atoms. The molecule has 0 aliphatic carbocycles. The molecule has 0 aromatic heterocycles. The fourth-order valence-electron chi connectivity index (χ4n) is 4.78. The zero-order valence-corrected chi connectivity index (χ0v) is 29.3. The minimum Gasteiger partial charge on any atom is -0.386 e. The predicted molar refractivity (Wildman–Crippen MR) is 173 cm³/mol. The van der Waals surface area contributed by atoms with Crippen LogP contribution in [0.2, 0.25) is 0 Å². The summed E-state index contributed by atoms with van der Waals surface area (Å²) in [6, 6.07) is 11.8. The van der Waals surface area contributed by atoms with Crippen molar-refractivity contribution < 1.29 is 44.0 Å². The second-order valence-corrected chi connectivity index (χ2v) is 16.6. The van der Waals surface area contributed by atoms with Crippen molar-refractivity contribution in [1.29, 1.82) is 0 Å². The van der Waals surface area contributed by atoms with Gasteiger partial charge in [0, 0.05) is 0 Å². The number of benzene rings is 2. The summed E-state index contributed by atoms with van der Waals surface area (Å²) in [6.07, 6.45) is -3.24. The lowest BCUT2D eigenvalue weighted by molar-refractivity contribution is -0.136. The third kappa shape index (κ3) is 10.3. The second-order valence-electron chi connectivity index (χ2n) is 14.9. The van der Waals surface area contributed by atoms with Gasteiger partial charge < -0.3 is 39.7 Å². The van der Waals surface area contributed by atoms with Crippen molar-refractivity contribution in [2.75, 3.05) is 0 Å². The van der Waals surface area contributed by atoms with Crippen LogP contribution in [0.5, 0.6) is 0 Å². The third-order valence-electron chi connectivity index (χ3n) is 7.25. The average Bonchev–Trinajstić information content (AvgIpc) is 2.84. The van der Waals surface area contributed by atoms with E-state index in [-0.39, 0.29) is 27.9 Å². The van der Waals surface area contributed by atoms with Gasteiger partial charge in [0.15, 0.2) is 6.29 Å². The summed E-state index contributed by atoms with van der Waals surface area (Å²) < 4.78 is 3.60. The Bertz CT molecular complexity index is 1140. The predicted octanol–water partition coefficient (Wildman–Crippen LogP) is 5.46. The lowest BCUT2D eigenvalue weighted by atomic mass is 9.67. The van der Waals surface area contributed by atoms with Gasteiger partial charge in [-0.05, 0) is 55.0 Å². The van der Waals surface area contributed by atoms with Gasteiger partial charge >= 0.3 is 17.2 Å². The lowest BCUT2D eigenvalue weighted by Gasteiger charge is -2.42. The van der Waals surface area contributed by atoms with E-state index in [1.165, 1.54) is 0 Å². The molecule has 2 aromatic carbocycles. The first-order valence-electron chi connectivity index (χ1n) is 14.1. The Morgan fingerprint density at radius 3 is 1.14 bits per heavy atom. The number of aliphatic hydroxyl groups excluding tert-OH is 2. The van der Waals surface area contributed by atoms with E-state index in [4.69, 9.17) is 19.6 Å². The second kappa shape index (κ2) is 14.4. The highest BCUT2D eigenvalue weighted by atomic mass is 31.2. The first-order chi connectivity index (χ1) is 19.2. The molecule has 0 aliphatic rings. The number of rotatable bonds is 7. The van der Waals surface area contributed by atoms with Gasteiger partial charge in [-0.2, -0.15) is 0 Å². The fraction of sp³-hybridized carbons (Fsp3) is 0.594. The molecule has 2 atom stereocenters. The van der Waals surface area contributed by atoms with Crippen molar-refractivity contribution in [2.24, 2.45) is 0 Å². The molecule has 2 aromatic rings. The van der Waals surface area contributed by atoms with E-state index in [0.29, 0.717) is 11.1 Å². The van der Waals surface area contributed by atoms with E-state index in [1.807, 2.05) is 24.3 Å². The molecule has 2 rings (SSSR count). The van der Waals surface area contributed by atoms with Crippen LogP contribution >= 0.6 is 17.2 Å². The molecule has 244 valence electrons. The maximum absolute atomic E-state index is 12.6. The van der Waals surface area contributed by atoms with Gasteiger partial charge in [0.2, 0.25) is 0 Å². The molecule has 0 unspecified atom stereocenters. The standard InChI is InChI=1S/C32H48O4.H4O5P2/c1-28(2,3)20-13-15-22(24(17-20)30(7,8)9)32(36,27(35)26(34)19-33)23-16-14-21(29(4,5)6)18-25(23)31(10,11)12;1-6(2)5-7(3)4/h13-19,26-27,34-36H,1-12H3;1-4H/t26-,27-;/m0./s1. The fourth-order valence-corrected chi connectivity index (χ4v) is 5.30. The zero-order chi connectivity index (χ0) is 33.9. The lowest BCUT2D eigenvalue weighted by Crippen LogP contribution is -2.50. The maximum Gasteiger partial charge on any atom is 0.334 e. The van der Waals surface area contributed by atoms with Crippen molar-refractivity contribution in [3.63, 3.8) is 0 Å². The Morgan fingerprint density at radius 2 is 0.930 bits per heavy atom. The first kappa shape index (κ1) is 39.7. The SMILES string of the molecule is CC(C)(C)c1ccc(C(O)(c2ccc(C(C)(C)C)cc2C(C)(C)C)[C@@H](O)[C@@H](O)C=O)c(C(C)(C)C)c1.OP(O)OP(O)O. The van der Waals surface area contributed by atoms with Gasteiger partial charge in [-0.3, -0.25) is 0 Å². The van der Waals surface area contributed by atoms with Gasteiger partial charge in [-0.1, -0.05) is 119 Å². The zero-order valence-electron chi connectivity index (χ0n) is 27.5. The molecule has 0 saturated heterocycles. The minimum atomic E-state index is -2.61. The smallest absolute Gasteiger partial charge is 0.334 e. The molecular formula is C32H52O9P2. The average molecular weight is 643 g/mol. The number of aldehydes is 1. The monoisotopic (exact) mass is 642 g/mol. The van der Waals surface area contributed by atoms with Crippen molar-refractivity contribution in [2.45, 2.75) is 123 Å². The third-order valence-corrected chi connectivity index (χ3v) is 8.41. The molecule has 0 saturated carbocycles. The molecule has 7 N–H and O–H groups in total. The number of carbonyl (C=O) groups excluding carboxylic acids is 1. The molecule has 0 heterocycles. The van der Waals surface area contributed by atoms with Crippen molar-refractivity contribution in [3.8, 4) is 0 Å². The summed E-state index contributed by atoms with van der Waals surface area (Å²) in [4.78, 5) is 42.9. The van der Waals surface area contributed by atoms with Crippen LogP contribution < -0.4 is 0 Å². The van der Waals surface area contributed by atoms with E-state index in [0.717, 1.165) is 22.3 Å². The van der Waals surface area contributed by atoms with Crippen LogP contribution in [0.15, 0.2) is 36.4 Å². The van der Waals surface area contributed by atoms with Gasteiger partial charge in [0.25, 0.3) is 0 Å². The molecule has 0 radical (unpaired) electrons. The van der Waals surface area contributed by atoms with Crippen LogP contribution in [0.1, 0.15) is 116 Å². The van der Waals surface area contributed by atoms with Gasteiger partial charge in [0.1, 0.15) is 17.8 Å². The molecule has 0 fully saturated rings. The van der Waals surface area contributed by atoms with Crippen LogP contribution in [0.4, 0.5) is 0 Å². The molecule has 0 amide bonds. The Morgan fingerprint density at radius 1 is 0.605 bits per heavy atom. The van der Waals surface area contributed by atoms with E-state index >= 15 is 0 Å². The minimum absolute atomic E-state index is 0.123. The number of hydrogen-bond donors (Lipinski definition) is 7. The Hall–Kier alpha value is -1.35. The Labute approximate surface area is 259 Å². The van der Waals surface area contributed by atoms with Crippen molar-refractivity contribution in [1.82, 2.24) is 0 Å². The van der Waals surface area contributed by atoms with E-state index < -0.39 is 35.0 Å². The van der Waals surface area contributed by atoms with Crippen LogP contribution in [0.25, 0.3) is 0 Å². The highest BCUT2D eigenvalue weighted by molar-refractivity contribution is 7.53. The molecule has 11 heteroatoms. The molecule has 0 spiro atoms. The Kier molecular flexibility index (Phi) is 13.3. The van der Waals surface area contributed by atoms with E-state index in [9.17, 15) is 20.1 Å². The highest BCUT2D eigenvalue weighted by Gasteiger charge is 2.48. The van der Waals surface area contributed by atoms with Gasteiger partial charge in [0.05, 0.1) is 0 Å². The van der Waals surface area contributed by atoms with Crippen LogP contribution in [0.3, 0.4) is 0 Å². The molecular weight excluding hydrogens is 590 g/mol. The summed E-state index contributed by atoms with van der Waals surface area (Å²) in [5, 5.41) is 34.6. The highest BCUT2D eigenvalue weighted by Crippen LogP contribution is 2.46. The number of hydrogen-bond acceptors (Lipinski definition) is 9.